The lowest BCUT2D eigenvalue weighted by molar-refractivity contribution is -0.292. The van der Waals surface area contributed by atoms with Crippen molar-refractivity contribution in [2.45, 2.75) is 12.1 Å². The Morgan fingerprint density at radius 3 is 1.85 bits per heavy atom. The van der Waals surface area contributed by atoms with Gasteiger partial charge in [0.2, 0.25) is 5.82 Å². The molecule has 1 rings (SSSR count). The van der Waals surface area contributed by atoms with Crippen LogP contribution in [0.1, 0.15) is 5.82 Å². The number of hydrogen-bond acceptors (Lipinski definition) is 2. The van der Waals surface area contributed by atoms with Crippen LogP contribution < -0.4 is 0 Å². The summed E-state index contributed by atoms with van der Waals surface area (Å²) in [5, 5.41) is 0. The molecule has 1 aromatic heterocycles. The van der Waals surface area contributed by atoms with Gasteiger partial charge in [-0.1, -0.05) is 0 Å². The molecule has 1 radical (unpaired) electrons. The van der Waals surface area contributed by atoms with Crippen molar-refractivity contribution in [1.82, 2.24) is 9.97 Å². The summed E-state index contributed by atoms with van der Waals surface area (Å²) in [4.78, 5) is 5.56. The summed E-state index contributed by atoms with van der Waals surface area (Å²) in [5.74, 6) is -6.58. The van der Waals surface area contributed by atoms with Crippen LogP contribution in [0.5, 0.6) is 0 Å². The fourth-order valence-corrected chi connectivity index (χ4v) is 0.552. The molecule has 2 nitrogen and oxygen atoms in total. The highest BCUT2D eigenvalue weighted by Gasteiger charge is 2.61. The first-order valence-corrected chi connectivity index (χ1v) is 2.99. The summed E-state index contributed by atoms with van der Waals surface area (Å²) in [6.45, 7) is 0. The van der Waals surface area contributed by atoms with E-state index in [-0.39, 0.29) is 0 Å². The zero-order valence-electron chi connectivity index (χ0n) is 5.94. The quantitative estimate of drug-likeness (QED) is 0.643. The van der Waals surface area contributed by atoms with Crippen molar-refractivity contribution in [3.63, 3.8) is 0 Å². The predicted molar refractivity (Wildman–Crippen MR) is 30.8 cm³/mol. The second-order valence-electron chi connectivity index (χ2n) is 2.08. The molecular weight excluding hydrogens is 195 g/mol. The van der Waals surface area contributed by atoms with E-state index >= 15 is 0 Å². The van der Waals surface area contributed by atoms with Gasteiger partial charge in [0, 0.05) is 18.5 Å². The summed E-state index contributed by atoms with van der Waals surface area (Å²) < 4.78 is 59.8. The predicted octanol–water partition coefficient (Wildman–Crippen LogP) is 1.93. The van der Waals surface area contributed by atoms with Gasteiger partial charge >= 0.3 is 12.1 Å². The largest absolute Gasteiger partial charge is 0.461 e. The standard InChI is InChI=1S/C6H2F5N2/c7-5(8,6(9,10)11)4-12-2-1-3-13-4/h2-3H. The van der Waals surface area contributed by atoms with E-state index in [2.05, 4.69) is 16.0 Å². The first kappa shape index (κ1) is 9.82. The fraction of sp³-hybridized carbons (Fsp3) is 0.333. The zero-order valence-corrected chi connectivity index (χ0v) is 5.94. The van der Waals surface area contributed by atoms with Gasteiger partial charge in [-0.2, -0.15) is 22.0 Å². The summed E-state index contributed by atoms with van der Waals surface area (Å²) in [5.41, 5.74) is 0. The Kier molecular flexibility index (Phi) is 2.19. The number of hydrogen-bond donors (Lipinski definition) is 0. The van der Waals surface area contributed by atoms with E-state index in [4.69, 9.17) is 0 Å². The minimum atomic E-state index is -5.67. The third-order valence-corrected chi connectivity index (χ3v) is 1.16. The van der Waals surface area contributed by atoms with Crippen LogP contribution in [-0.4, -0.2) is 16.1 Å². The smallest absolute Gasteiger partial charge is 0.235 e. The van der Waals surface area contributed by atoms with Crippen molar-refractivity contribution in [1.29, 1.82) is 0 Å². The molecule has 0 atom stereocenters. The normalized spacial score (nSPS) is 13.0. The highest BCUT2D eigenvalue weighted by Crippen LogP contribution is 2.41. The van der Waals surface area contributed by atoms with Crippen LogP contribution in [0.4, 0.5) is 22.0 Å². The van der Waals surface area contributed by atoms with Crippen molar-refractivity contribution in [3.05, 3.63) is 24.3 Å². The molecule has 71 valence electrons. The van der Waals surface area contributed by atoms with Crippen LogP contribution in [0.15, 0.2) is 12.4 Å². The molecule has 0 aliphatic heterocycles. The molecule has 0 aliphatic carbocycles. The second-order valence-corrected chi connectivity index (χ2v) is 2.08. The molecule has 0 saturated carbocycles. The number of rotatable bonds is 1. The van der Waals surface area contributed by atoms with Crippen LogP contribution in [0.25, 0.3) is 0 Å². The van der Waals surface area contributed by atoms with E-state index in [1.54, 1.807) is 0 Å². The highest BCUT2D eigenvalue weighted by molar-refractivity contribution is 4.99. The molecule has 0 N–H and O–H groups in total. The Bertz CT molecular complexity index is 281. The van der Waals surface area contributed by atoms with E-state index in [0.29, 0.717) is 12.4 Å². The van der Waals surface area contributed by atoms with E-state index in [9.17, 15) is 22.0 Å². The van der Waals surface area contributed by atoms with Gasteiger partial charge in [-0.25, -0.2) is 9.97 Å². The monoisotopic (exact) mass is 197 g/mol. The molecule has 0 unspecified atom stereocenters. The number of halogens is 5. The van der Waals surface area contributed by atoms with E-state index in [1.807, 2.05) is 0 Å². The fourth-order valence-electron chi connectivity index (χ4n) is 0.552. The van der Waals surface area contributed by atoms with E-state index in [1.165, 1.54) is 0 Å². The third kappa shape index (κ3) is 1.73. The van der Waals surface area contributed by atoms with Crippen LogP contribution in [-0.2, 0) is 5.92 Å². The SMILES string of the molecule is FC(F)(F)C(F)(F)c1nc[c]cn1. The van der Waals surface area contributed by atoms with E-state index in [0.717, 1.165) is 0 Å². The maximum atomic E-state index is 12.4. The molecule has 0 bridgehead atoms. The summed E-state index contributed by atoms with van der Waals surface area (Å²) >= 11 is 0. The molecule has 1 aromatic rings. The van der Waals surface area contributed by atoms with Gasteiger partial charge in [-0.3, -0.25) is 0 Å². The van der Waals surface area contributed by atoms with E-state index < -0.39 is 17.9 Å². The van der Waals surface area contributed by atoms with Crippen LogP contribution in [0.3, 0.4) is 0 Å². The summed E-state index contributed by atoms with van der Waals surface area (Å²) in [6, 6.07) is 2.13. The molecule has 0 aromatic carbocycles. The van der Waals surface area contributed by atoms with Crippen LogP contribution in [0.2, 0.25) is 0 Å². The first-order valence-electron chi connectivity index (χ1n) is 2.99. The molecular formula is C6H2F5N2. The molecule has 0 aliphatic rings. The Balaban J connectivity index is 3.08. The van der Waals surface area contributed by atoms with Gasteiger partial charge in [0.25, 0.3) is 0 Å². The lowest BCUT2D eigenvalue weighted by atomic mass is 10.3. The van der Waals surface area contributed by atoms with Crippen molar-refractivity contribution in [2.75, 3.05) is 0 Å². The average molecular weight is 197 g/mol. The number of nitrogens with zero attached hydrogens (tertiary/aromatic N) is 2. The maximum Gasteiger partial charge on any atom is 0.461 e. The van der Waals surface area contributed by atoms with Gasteiger partial charge in [0.1, 0.15) is 0 Å². The van der Waals surface area contributed by atoms with Gasteiger partial charge < -0.3 is 0 Å². The molecule has 0 fully saturated rings. The molecule has 0 amide bonds. The second kappa shape index (κ2) is 2.90. The number of aromatic nitrogens is 2. The van der Waals surface area contributed by atoms with Gasteiger partial charge in [0.05, 0.1) is 0 Å². The molecule has 0 saturated heterocycles. The molecule has 7 heteroatoms. The average Bonchev–Trinajstić information content (AvgIpc) is 2.04. The van der Waals surface area contributed by atoms with Gasteiger partial charge in [-0.15, -0.1) is 0 Å². The van der Waals surface area contributed by atoms with Crippen molar-refractivity contribution >= 4 is 0 Å². The summed E-state index contributed by atoms with van der Waals surface area (Å²) in [6.07, 6.45) is -4.28. The third-order valence-electron chi connectivity index (χ3n) is 1.16. The topological polar surface area (TPSA) is 25.8 Å². The maximum absolute atomic E-state index is 12.4. The lowest BCUT2D eigenvalue weighted by Crippen LogP contribution is -2.35. The van der Waals surface area contributed by atoms with Crippen molar-refractivity contribution in [2.24, 2.45) is 0 Å². The molecule has 13 heavy (non-hydrogen) atoms. The van der Waals surface area contributed by atoms with Gasteiger partial charge in [0.15, 0.2) is 0 Å². The first-order chi connectivity index (χ1) is 5.86. The molecule has 1 heterocycles. The Morgan fingerprint density at radius 2 is 1.46 bits per heavy atom. The van der Waals surface area contributed by atoms with Gasteiger partial charge in [-0.05, 0) is 0 Å². The number of alkyl halides is 5. The van der Waals surface area contributed by atoms with Crippen LogP contribution in [0, 0.1) is 6.07 Å². The lowest BCUT2D eigenvalue weighted by Gasteiger charge is -2.17. The minimum Gasteiger partial charge on any atom is -0.235 e. The Hall–Kier alpha value is -1.27. The van der Waals surface area contributed by atoms with Crippen molar-refractivity contribution < 1.29 is 22.0 Å². The summed E-state index contributed by atoms with van der Waals surface area (Å²) in [7, 11) is 0. The van der Waals surface area contributed by atoms with Crippen LogP contribution >= 0.6 is 0 Å². The Labute approximate surface area is 69.4 Å². The Morgan fingerprint density at radius 1 is 1.00 bits per heavy atom. The minimum absolute atomic E-state index is 0.696. The molecule has 0 spiro atoms. The highest BCUT2D eigenvalue weighted by atomic mass is 19.4. The van der Waals surface area contributed by atoms with Crippen molar-refractivity contribution in [3.8, 4) is 0 Å². The zero-order chi connectivity index (χ0) is 10.1.